The normalized spacial score (nSPS) is 10.8. The van der Waals surface area contributed by atoms with Crippen LogP contribution in [0.5, 0.6) is 5.75 Å². The molecule has 2 heterocycles. The zero-order chi connectivity index (χ0) is 13.4. The first kappa shape index (κ1) is 12.2. The number of hydrogen-bond acceptors (Lipinski definition) is 6. The number of nitrogen functional groups attached to an aromatic ring is 1. The third-order valence-electron chi connectivity index (χ3n) is 2.52. The molecule has 0 fully saturated rings. The molecule has 0 saturated carbocycles. The highest BCUT2D eigenvalue weighted by Gasteiger charge is 2.16. The summed E-state index contributed by atoms with van der Waals surface area (Å²) in [5.41, 5.74) is 6.33. The van der Waals surface area contributed by atoms with E-state index in [1.165, 1.54) is 11.3 Å². The first-order valence-electron chi connectivity index (χ1n) is 5.32. The molecule has 2 aromatic heterocycles. The lowest BCUT2D eigenvalue weighted by Gasteiger charge is -2.01. The molecule has 3 N–H and O–H groups in total. The van der Waals surface area contributed by atoms with E-state index in [1.807, 2.05) is 12.1 Å². The monoisotopic (exact) mass is 337 g/mol. The van der Waals surface area contributed by atoms with Crippen LogP contribution in [-0.4, -0.2) is 15.2 Å². The maximum absolute atomic E-state index is 9.88. The van der Waals surface area contributed by atoms with E-state index in [0.717, 1.165) is 8.66 Å². The summed E-state index contributed by atoms with van der Waals surface area (Å²) in [6.07, 6.45) is 0. The van der Waals surface area contributed by atoms with Crippen LogP contribution in [0.2, 0.25) is 0 Å². The van der Waals surface area contributed by atoms with E-state index < -0.39 is 0 Å². The van der Waals surface area contributed by atoms with Crippen LogP contribution in [0.25, 0.3) is 22.2 Å². The molecule has 3 aromatic rings. The van der Waals surface area contributed by atoms with Crippen LogP contribution in [0, 0.1) is 0 Å². The van der Waals surface area contributed by atoms with Crippen molar-refractivity contribution in [3.63, 3.8) is 0 Å². The number of rotatable bonds is 2. The summed E-state index contributed by atoms with van der Waals surface area (Å²) in [4.78, 5) is 5.14. The molecule has 0 unspecified atom stereocenters. The van der Waals surface area contributed by atoms with Crippen LogP contribution in [0.4, 0.5) is 5.69 Å². The van der Waals surface area contributed by atoms with Gasteiger partial charge in [0, 0.05) is 0 Å². The van der Waals surface area contributed by atoms with Gasteiger partial charge in [-0.1, -0.05) is 11.2 Å². The molecule has 0 aliphatic rings. The number of hydrogen-bond donors (Lipinski definition) is 2. The van der Waals surface area contributed by atoms with Crippen LogP contribution in [0.3, 0.4) is 0 Å². The largest absolute Gasteiger partial charge is 0.505 e. The van der Waals surface area contributed by atoms with Gasteiger partial charge in [0.25, 0.3) is 5.89 Å². The fourth-order valence-corrected chi connectivity index (χ4v) is 2.91. The van der Waals surface area contributed by atoms with Gasteiger partial charge in [0.1, 0.15) is 0 Å². The molecule has 0 radical (unpaired) electrons. The number of nitrogens with two attached hydrogens (primary N) is 1. The minimum Gasteiger partial charge on any atom is -0.505 e. The number of phenolic OH excluding ortho intramolecular Hbond substituents is 1. The molecular formula is C12H8BrN3O2S. The number of aromatic nitrogens is 2. The zero-order valence-electron chi connectivity index (χ0n) is 9.50. The lowest BCUT2D eigenvalue weighted by molar-refractivity contribution is 0.426. The Morgan fingerprint density at radius 1 is 1.26 bits per heavy atom. The minimum absolute atomic E-state index is 0.0509. The fourth-order valence-electron chi connectivity index (χ4n) is 1.60. The number of anilines is 1. The average Bonchev–Trinajstić information content (AvgIpc) is 3.01. The van der Waals surface area contributed by atoms with E-state index in [2.05, 4.69) is 26.1 Å². The molecular weight excluding hydrogens is 330 g/mol. The number of aromatic hydroxyl groups is 1. The van der Waals surface area contributed by atoms with E-state index in [1.54, 1.807) is 18.2 Å². The molecule has 0 atom stereocenters. The highest BCUT2D eigenvalue weighted by Crippen LogP contribution is 2.35. The standard InChI is InChI=1S/C12H8BrN3O2S/c13-9-5-4-8(19-9)11-15-12(18-16-11)6-2-1-3-7(14)10(6)17/h1-5,17H,14H2. The Hall–Kier alpha value is -1.86. The van der Waals surface area contributed by atoms with Gasteiger partial charge in [0.15, 0.2) is 5.75 Å². The highest BCUT2D eigenvalue weighted by atomic mass is 79.9. The summed E-state index contributed by atoms with van der Waals surface area (Å²) < 4.78 is 6.15. The lowest BCUT2D eigenvalue weighted by Crippen LogP contribution is -1.87. The molecule has 0 aliphatic carbocycles. The molecule has 0 amide bonds. The molecule has 3 rings (SSSR count). The number of nitrogens with zero attached hydrogens (tertiary/aromatic N) is 2. The van der Waals surface area contributed by atoms with Crippen LogP contribution in [0.15, 0.2) is 38.6 Å². The second-order valence-electron chi connectivity index (χ2n) is 3.77. The maximum Gasteiger partial charge on any atom is 0.262 e. The summed E-state index contributed by atoms with van der Waals surface area (Å²) in [5, 5.41) is 13.8. The van der Waals surface area contributed by atoms with Crippen LogP contribution in [0.1, 0.15) is 0 Å². The first-order chi connectivity index (χ1) is 9.15. The minimum atomic E-state index is -0.0509. The highest BCUT2D eigenvalue weighted by molar-refractivity contribution is 9.11. The van der Waals surface area contributed by atoms with Crippen molar-refractivity contribution >= 4 is 33.0 Å². The summed E-state index contributed by atoms with van der Waals surface area (Å²) >= 11 is 4.88. The van der Waals surface area contributed by atoms with Crippen molar-refractivity contribution < 1.29 is 9.63 Å². The summed E-state index contributed by atoms with van der Waals surface area (Å²) in [7, 11) is 0. The maximum atomic E-state index is 9.88. The smallest absolute Gasteiger partial charge is 0.262 e. The van der Waals surface area contributed by atoms with Crippen molar-refractivity contribution in [1.29, 1.82) is 0 Å². The molecule has 7 heteroatoms. The Morgan fingerprint density at radius 3 is 2.84 bits per heavy atom. The van der Waals surface area contributed by atoms with Gasteiger partial charge in [-0.15, -0.1) is 11.3 Å². The second kappa shape index (κ2) is 4.67. The Bertz CT molecular complexity index is 738. The van der Waals surface area contributed by atoms with Crippen molar-refractivity contribution in [3.05, 3.63) is 34.1 Å². The van der Waals surface area contributed by atoms with Gasteiger partial charge in [-0.3, -0.25) is 0 Å². The van der Waals surface area contributed by atoms with Gasteiger partial charge >= 0.3 is 0 Å². The van der Waals surface area contributed by atoms with Crippen molar-refractivity contribution in [2.45, 2.75) is 0 Å². The van der Waals surface area contributed by atoms with Gasteiger partial charge in [0.2, 0.25) is 5.82 Å². The van der Waals surface area contributed by atoms with Crippen LogP contribution in [-0.2, 0) is 0 Å². The summed E-state index contributed by atoms with van der Waals surface area (Å²) in [6, 6.07) is 8.80. The number of phenols is 1. The Labute approximate surface area is 120 Å². The quantitative estimate of drug-likeness (QED) is 0.552. The van der Waals surface area contributed by atoms with Gasteiger partial charge < -0.3 is 15.4 Å². The van der Waals surface area contributed by atoms with Gasteiger partial charge in [0.05, 0.1) is 19.9 Å². The van der Waals surface area contributed by atoms with E-state index in [-0.39, 0.29) is 17.3 Å². The van der Waals surface area contributed by atoms with E-state index in [0.29, 0.717) is 11.4 Å². The Morgan fingerprint density at radius 2 is 2.11 bits per heavy atom. The molecule has 0 spiro atoms. The van der Waals surface area contributed by atoms with Gasteiger partial charge in [-0.25, -0.2) is 0 Å². The Balaban J connectivity index is 2.04. The van der Waals surface area contributed by atoms with Crippen molar-refractivity contribution in [1.82, 2.24) is 10.1 Å². The molecule has 0 aliphatic heterocycles. The van der Waals surface area contributed by atoms with Crippen molar-refractivity contribution in [2.75, 3.05) is 5.73 Å². The number of thiophene rings is 1. The summed E-state index contributed by atoms with van der Waals surface area (Å²) in [5.74, 6) is 0.668. The molecule has 0 bridgehead atoms. The van der Waals surface area contributed by atoms with Crippen molar-refractivity contribution in [3.8, 4) is 27.9 Å². The summed E-state index contributed by atoms with van der Waals surface area (Å²) in [6.45, 7) is 0. The van der Waals surface area contributed by atoms with Crippen LogP contribution < -0.4 is 5.73 Å². The SMILES string of the molecule is Nc1cccc(-c2nc(-c3ccc(Br)s3)no2)c1O. The predicted molar refractivity (Wildman–Crippen MR) is 76.8 cm³/mol. The third kappa shape index (κ3) is 2.22. The molecule has 1 aromatic carbocycles. The average molecular weight is 338 g/mol. The molecule has 5 nitrogen and oxygen atoms in total. The van der Waals surface area contributed by atoms with E-state index in [9.17, 15) is 5.11 Å². The third-order valence-corrected chi connectivity index (χ3v) is 4.14. The number of halogens is 1. The fraction of sp³-hybridized carbons (Fsp3) is 0. The van der Waals surface area contributed by atoms with Gasteiger partial charge in [-0.05, 0) is 40.2 Å². The van der Waals surface area contributed by atoms with Crippen LogP contribution >= 0.6 is 27.3 Å². The van der Waals surface area contributed by atoms with Crippen molar-refractivity contribution in [2.24, 2.45) is 0 Å². The number of para-hydroxylation sites is 1. The zero-order valence-corrected chi connectivity index (χ0v) is 11.9. The number of benzene rings is 1. The molecule has 19 heavy (non-hydrogen) atoms. The predicted octanol–water partition coefficient (Wildman–Crippen LogP) is 3.52. The molecule has 0 saturated heterocycles. The topological polar surface area (TPSA) is 85.2 Å². The second-order valence-corrected chi connectivity index (χ2v) is 6.23. The lowest BCUT2D eigenvalue weighted by atomic mass is 10.2. The first-order valence-corrected chi connectivity index (χ1v) is 6.93. The van der Waals surface area contributed by atoms with E-state index >= 15 is 0 Å². The molecule has 96 valence electrons. The Kier molecular flexibility index (Phi) is 3.00. The van der Waals surface area contributed by atoms with E-state index in [4.69, 9.17) is 10.3 Å². The van der Waals surface area contributed by atoms with Gasteiger partial charge in [-0.2, -0.15) is 4.98 Å².